The van der Waals surface area contributed by atoms with Crippen molar-refractivity contribution in [1.29, 1.82) is 0 Å². The molecule has 0 heterocycles. The summed E-state index contributed by atoms with van der Waals surface area (Å²) in [7, 11) is 1.63. The van der Waals surface area contributed by atoms with E-state index in [4.69, 9.17) is 15.2 Å². The number of ether oxygens (including phenoxy) is 2. The number of halogens is 1. The largest absolute Gasteiger partial charge is 0.483 e. The lowest BCUT2D eigenvalue weighted by molar-refractivity contribution is -0.123. The molecule has 1 amide bonds. The molecule has 6 heteroatoms. The van der Waals surface area contributed by atoms with Gasteiger partial charge in [0.15, 0.2) is 6.61 Å². The summed E-state index contributed by atoms with van der Waals surface area (Å²) in [4.78, 5) is 11.6. The van der Waals surface area contributed by atoms with Crippen LogP contribution >= 0.6 is 15.9 Å². The minimum absolute atomic E-state index is 0.0195. The molecule has 1 aromatic rings. The third-order valence-electron chi connectivity index (χ3n) is 2.67. The van der Waals surface area contributed by atoms with Crippen molar-refractivity contribution >= 4 is 21.8 Å². The van der Waals surface area contributed by atoms with Gasteiger partial charge in [0.05, 0.1) is 0 Å². The molecule has 20 heavy (non-hydrogen) atoms. The normalized spacial score (nSPS) is 12.0. The molecule has 1 aromatic carbocycles. The van der Waals surface area contributed by atoms with Crippen molar-refractivity contribution in [3.63, 3.8) is 0 Å². The van der Waals surface area contributed by atoms with Crippen LogP contribution in [0.5, 0.6) is 5.75 Å². The van der Waals surface area contributed by atoms with Crippen molar-refractivity contribution in [3.05, 3.63) is 28.2 Å². The summed E-state index contributed by atoms with van der Waals surface area (Å²) < 4.78 is 11.4. The van der Waals surface area contributed by atoms with E-state index < -0.39 is 0 Å². The molecule has 0 aliphatic rings. The molecule has 0 aliphatic carbocycles. The molecule has 0 unspecified atom stereocenters. The van der Waals surface area contributed by atoms with Gasteiger partial charge in [0.2, 0.25) is 0 Å². The van der Waals surface area contributed by atoms with Crippen molar-refractivity contribution < 1.29 is 14.3 Å². The molecule has 0 fully saturated rings. The summed E-state index contributed by atoms with van der Waals surface area (Å²) in [5.41, 5.74) is 6.76. The number of amides is 1. The summed E-state index contributed by atoms with van der Waals surface area (Å²) in [5, 5.41) is 2.76. The fraction of sp³-hybridized carbons (Fsp3) is 0.500. The Hall–Kier alpha value is -1.11. The Balaban J connectivity index is 2.47. The zero-order valence-electron chi connectivity index (χ0n) is 11.8. The fourth-order valence-electron chi connectivity index (χ4n) is 1.65. The predicted molar refractivity (Wildman–Crippen MR) is 81.7 cm³/mol. The number of nitrogens with one attached hydrogen (secondary N) is 1. The molecule has 0 radical (unpaired) electrons. The van der Waals surface area contributed by atoms with Crippen LogP contribution in [0.1, 0.15) is 24.9 Å². The number of benzene rings is 1. The summed E-state index contributed by atoms with van der Waals surface area (Å²) >= 11 is 3.39. The zero-order valence-corrected chi connectivity index (χ0v) is 13.4. The third-order valence-corrected chi connectivity index (χ3v) is 3.16. The molecule has 3 N–H and O–H groups in total. The Bertz CT molecular complexity index is 438. The van der Waals surface area contributed by atoms with Crippen molar-refractivity contribution in [2.75, 3.05) is 26.9 Å². The molecule has 0 spiro atoms. The van der Waals surface area contributed by atoms with Gasteiger partial charge in [0.25, 0.3) is 5.91 Å². The van der Waals surface area contributed by atoms with Crippen LogP contribution in [0, 0.1) is 0 Å². The third kappa shape index (κ3) is 5.90. The first-order chi connectivity index (χ1) is 9.54. The summed E-state index contributed by atoms with van der Waals surface area (Å²) in [6.45, 7) is 3.06. The number of carbonyl (C=O) groups excluding carboxylic acids is 1. The molecule has 0 aromatic heterocycles. The molecule has 1 rings (SSSR count). The van der Waals surface area contributed by atoms with Crippen LogP contribution < -0.4 is 15.8 Å². The first-order valence-electron chi connectivity index (χ1n) is 6.48. The van der Waals surface area contributed by atoms with Gasteiger partial charge in [0.1, 0.15) is 5.75 Å². The SMILES string of the molecule is COCCCNC(=O)COc1ccc(Br)cc1[C@H](C)N. The molecule has 0 bridgehead atoms. The van der Waals surface area contributed by atoms with Crippen LogP contribution in [-0.4, -0.2) is 32.8 Å². The van der Waals surface area contributed by atoms with Gasteiger partial charge in [-0.1, -0.05) is 15.9 Å². The second-order valence-corrected chi connectivity index (χ2v) is 5.37. The Kier molecular flexibility index (Phi) is 7.58. The van der Waals surface area contributed by atoms with Gasteiger partial charge in [-0.3, -0.25) is 4.79 Å². The fourth-order valence-corrected chi connectivity index (χ4v) is 2.02. The second kappa shape index (κ2) is 8.94. The van der Waals surface area contributed by atoms with E-state index in [9.17, 15) is 4.79 Å². The second-order valence-electron chi connectivity index (χ2n) is 4.46. The Morgan fingerprint density at radius 3 is 2.90 bits per heavy atom. The van der Waals surface area contributed by atoms with E-state index in [1.165, 1.54) is 0 Å². The van der Waals surface area contributed by atoms with Crippen LogP contribution in [0.2, 0.25) is 0 Å². The van der Waals surface area contributed by atoms with E-state index in [1.807, 2.05) is 19.1 Å². The van der Waals surface area contributed by atoms with Gasteiger partial charge in [0, 0.05) is 36.3 Å². The number of nitrogens with two attached hydrogens (primary N) is 1. The monoisotopic (exact) mass is 344 g/mol. The molecule has 112 valence electrons. The van der Waals surface area contributed by atoms with E-state index in [1.54, 1.807) is 13.2 Å². The molecule has 0 saturated carbocycles. The molecular weight excluding hydrogens is 324 g/mol. The van der Waals surface area contributed by atoms with Crippen molar-refractivity contribution in [1.82, 2.24) is 5.32 Å². The quantitative estimate of drug-likeness (QED) is 0.707. The number of hydrogen-bond donors (Lipinski definition) is 2. The standard InChI is InChI=1S/C14H21BrN2O3/c1-10(16)12-8-11(15)4-5-13(12)20-9-14(18)17-6-3-7-19-2/h4-5,8,10H,3,6-7,9,16H2,1-2H3,(H,17,18)/t10-/m0/s1. The highest BCUT2D eigenvalue weighted by molar-refractivity contribution is 9.10. The summed E-state index contributed by atoms with van der Waals surface area (Å²) in [5.74, 6) is 0.481. The van der Waals surface area contributed by atoms with Crippen LogP contribution in [0.15, 0.2) is 22.7 Å². The Morgan fingerprint density at radius 2 is 2.25 bits per heavy atom. The molecule has 1 atom stereocenters. The van der Waals surface area contributed by atoms with Crippen LogP contribution in [-0.2, 0) is 9.53 Å². The van der Waals surface area contributed by atoms with Gasteiger partial charge < -0.3 is 20.5 Å². The van der Waals surface area contributed by atoms with E-state index in [-0.39, 0.29) is 18.6 Å². The van der Waals surface area contributed by atoms with E-state index in [0.29, 0.717) is 18.9 Å². The smallest absolute Gasteiger partial charge is 0.257 e. The highest BCUT2D eigenvalue weighted by atomic mass is 79.9. The van der Waals surface area contributed by atoms with Gasteiger partial charge in [-0.2, -0.15) is 0 Å². The van der Waals surface area contributed by atoms with Crippen molar-refractivity contribution in [3.8, 4) is 5.75 Å². The van der Waals surface area contributed by atoms with E-state index in [2.05, 4.69) is 21.2 Å². The zero-order chi connectivity index (χ0) is 15.0. The maximum absolute atomic E-state index is 11.6. The maximum Gasteiger partial charge on any atom is 0.257 e. The average molecular weight is 345 g/mol. The number of hydrogen-bond acceptors (Lipinski definition) is 4. The van der Waals surface area contributed by atoms with E-state index in [0.717, 1.165) is 16.5 Å². The summed E-state index contributed by atoms with van der Waals surface area (Å²) in [6.07, 6.45) is 0.783. The van der Waals surface area contributed by atoms with Gasteiger partial charge in [-0.15, -0.1) is 0 Å². The van der Waals surface area contributed by atoms with Crippen LogP contribution in [0.25, 0.3) is 0 Å². The molecular formula is C14H21BrN2O3. The lowest BCUT2D eigenvalue weighted by Gasteiger charge is -2.14. The number of carbonyl (C=O) groups is 1. The lowest BCUT2D eigenvalue weighted by atomic mass is 10.1. The number of rotatable bonds is 8. The number of methoxy groups -OCH3 is 1. The minimum Gasteiger partial charge on any atom is -0.483 e. The van der Waals surface area contributed by atoms with E-state index >= 15 is 0 Å². The Labute approximate surface area is 127 Å². The molecule has 5 nitrogen and oxygen atoms in total. The predicted octanol–water partition coefficient (Wildman–Crippen LogP) is 2.00. The van der Waals surface area contributed by atoms with Crippen molar-refractivity contribution in [2.45, 2.75) is 19.4 Å². The molecule has 0 saturated heterocycles. The summed E-state index contributed by atoms with van der Waals surface area (Å²) in [6, 6.07) is 5.40. The topological polar surface area (TPSA) is 73.6 Å². The van der Waals surface area contributed by atoms with Crippen LogP contribution in [0.4, 0.5) is 0 Å². The minimum atomic E-state index is -0.160. The lowest BCUT2D eigenvalue weighted by Crippen LogP contribution is -2.30. The highest BCUT2D eigenvalue weighted by Gasteiger charge is 2.10. The molecule has 0 aliphatic heterocycles. The van der Waals surface area contributed by atoms with Crippen molar-refractivity contribution in [2.24, 2.45) is 5.73 Å². The highest BCUT2D eigenvalue weighted by Crippen LogP contribution is 2.27. The van der Waals surface area contributed by atoms with Gasteiger partial charge in [-0.25, -0.2) is 0 Å². The first kappa shape index (κ1) is 16.9. The van der Waals surface area contributed by atoms with Gasteiger partial charge >= 0.3 is 0 Å². The van der Waals surface area contributed by atoms with Crippen LogP contribution in [0.3, 0.4) is 0 Å². The Morgan fingerprint density at radius 1 is 1.50 bits per heavy atom. The maximum atomic E-state index is 11.6. The first-order valence-corrected chi connectivity index (χ1v) is 7.27. The van der Waals surface area contributed by atoms with Gasteiger partial charge in [-0.05, 0) is 31.5 Å². The average Bonchev–Trinajstić information content (AvgIpc) is 2.42.